The fourth-order valence-corrected chi connectivity index (χ4v) is 0.768. The Kier molecular flexibility index (Phi) is 1.54. The molecule has 10 heavy (non-hydrogen) atoms. The van der Waals surface area contributed by atoms with Crippen molar-refractivity contribution in [3.8, 4) is 0 Å². The Morgan fingerprint density at radius 2 is 2.30 bits per heavy atom. The molecule has 1 heterocycles. The molecule has 0 unspecified atom stereocenters. The van der Waals surface area contributed by atoms with Gasteiger partial charge in [-0.05, 0) is 12.2 Å². The van der Waals surface area contributed by atoms with Gasteiger partial charge in [0.15, 0.2) is 5.11 Å². The molecule has 0 aromatic rings. The number of hydrogen-bond acceptors (Lipinski definition) is 3. The van der Waals surface area contributed by atoms with Crippen molar-refractivity contribution in [2.75, 3.05) is 0 Å². The molecule has 0 aliphatic carbocycles. The highest BCUT2D eigenvalue weighted by molar-refractivity contribution is 7.80. The molecule has 54 valence electrons. The van der Waals surface area contributed by atoms with Crippen LogP contribution in [0.25, 0.3) is 0 Å². The summed E-state index contributed by atoms with van der Waals surface area (Å²) in [5.74, 6) is -0.782. The highest BCUT2D eigenvalue weighted by atomic mass is 32.1. The molecule has 0 radical (unpaired) electrons. The van der Waals surface area contributed by atoms with Crippen molar-refractivity contribution in [1.82, 2.24) is 10.4 Å². The quantitative estimate of drug-likeness (QED) is 0.333. The molecule has 0 saturated carbocycles. The highest BCUT2D eigenvalue weighted by Gasteiger charge is 2.28. The lowest BCUT2D eigenvalue weighted by Crippen LogP contribution is -2.44. The number of rotatable bonds is 0. The lowest BCUT2D eigenvalue weighted by atomic mass is 10.4. The van der Waals surface area contributed by atoms with E-state index in [0.29, 0.717) is 0 Å². The van der Waals surface area contributed by atoms with Gasteiger partial charge in [0.2, 0.25) is 5.91 Å². The van der Waals surface area contributed by atoms with E-state index < -0.39 is 5.91 Å². The summed E-state index contributed by atoms with van der Waals surface area (Å²) in [5, 5.41) is 0.730. The fourth-order valence-electron chi connectivity index (χ4n) is 0.621. The van der Waals surface area contributed by atoms with Gasteiger partial charge in [-0.25, -0.2) is 0 Å². The van der Waals surface area contributed by atoms with Crippen molar-refractivity contribution in [3.05, 3.63) is 0 Å². The Morgan fingerprint density at radius 1 is 1.70 bits per heavy atom. The molecule has 5 nitrogen and oxygen atoms in total. The topological polar surface area (TPSA) is 75.4 Å². The molecule has 1 fully saturated rings. The van der Waals surface area contributed by atoms with Crippen molar-refractivity contribution in [1.29, 1.82) is 0 Å². The molecule has 0 bridgehead atoms. The maximum atomic E-state index is 10.7. The molecule has 1 rings (SSSR count). The Bertz CT molecular complexity index is 215. The number of nitrogens with zero attached hydrogens (tertiary/aromatic N) is 1. The minimum Gasteiger partial charge on any atom is -0.374 e. The summed E-state index contributed by atoms with van der Waals surface area (Å²) < 4.78 is 0. The van der Waals surface area contributed by atoms with E-state index in [1.807, 2.05) is 0 Å². The van der Waals surface area contributed by atoms with Gasteiger partial charge in [0.25, 0.3) is 5.91 Å². The van der Waals surface area contributed by atoms with Crippen LogP contribution in [-0.2, 0) is 9.59 Å². The summed E-state index contributed by atoms with van der Waals surface area (Å²) in [4.78, 5) is 21.2. The Morgan fingerprint density at radius 3 is 2.50 bits per heavy atom. The predicted molar refractivity (Wildman–Crippen MR) is 36.4 cm³/mol. The minimum atomic E-state index is -0.405. The average Bonchev–Trinajstić information content (AvgIpc) is 2.10. The smallest absolute Gasteiger partial charge is 0.257 e. The third kappa shape index (κ3) is 1.06. The molecule has 1 aliphatic rings. The zero-order valence-corrected chi connectivity index (χ0v) is 5.77. The van der Waals surface area contributed by atoms with Crippen LogP contribution >= 0.6 is 12.2 Å². The van der Waals surface area contributed by atoms with Crippen LogP contribution in [0, 0.1) is 0 Å². The van der Waals surface area contributed by atoms with E-state index in [1.54, 1.807) is 0 Å². The van der Waals surface area contributed by atoms with Crippen molar-refractivity contribution in [2.24, 2.45) is 5.73 Å². The zero-order chi connectivity index (χ0) is 7.72. The summed E-state index contributed by atoms with van der Waals surface area (Å²) in [6.07, 6.45) is -0.169. The summed E-state index contributed by atoms with van der Waals surface area (Å²) in [6.45, 7) is 0. The van der Waals surface area contributed by atoms with Crippen LogP contribution in [0.2, 0.25) is 0 Å². The van der Waals surface area contributed by atoms with Gasteiger partial charge in [0, 0.05) is 0 Å². The second-order valence-electron chi connectivity index (χ2n) is 1.78. The van der Waals surface area contributed by atoms with Gasteiger partial charge < -0.3 is 5.73 Å². The number of nitrogens with one attached hydrogen (secondary N) is 1. The molecule has 6 heteroatoms. The first-order valence-electron chi connectivity index (χ1n) is 2.53. The number of thiocarbonyl (C=S) groups is 1. The van der Waals surface area contributed by atoms with Gasteiger partial charge in [-0.3, -0.25) is 15.0 Å². The van der Waals surface area contributed by atoms with Gasteiger partial charge in [-0.2, -0.15) is 5.01 Å². The molecule has 3 N–H and O–H groups in total. The van der Waals surface area contributed by atoms with Crippen molar-refractivity contribution in [3.63, 3.8) is 0 Å². The Hall–Kier alpha value is -1.17. The third-order valence-electron chi connectivity index (χ3n) is 1.02. The van der Waals surface area contributed by atoms with Gasteiger partial charge in [0.1, 0.15) is 6.42 Å². The van der Waals surface area contributed by atoms with E-state index >= 15 is 0 Å². The SMILES string of the molecule is NC(=S)N1NC(=O)CC1=O. The second kappa shape index (κ2) is 2.22. The summed E-state index contributed by atoms with van der Waals surface area (Å²) in [7, 11) is 0. The first kappa shape index (κ1) is 6.94. The van der Waals surface area contributed by atoms with Crippen LogP contribution in [0.15, 0.2) is 0 Å². The Balaban J connectivity index is 2.72. The van der Waals surface area contributed by atoms with Crippen LogP contribution in [0.5, 0.6) is 0 Å². The molecule has 0 atom stereocenters. The number of carbonyl (C=O) groups excluding carboxylic acids is 2. The van der Waals surface area contributed by atoms with Crippen LogP contribution in [-0.4, -0.2) is 21.9 Å². The lowest BCUT2D eigenvalue weighted by molar-refractivity contribution is -0.125. The van der Waals surface area contributed by atoms with Crippen LogP contribution < -0.4 is 11.2 Å². The standard InChI is InChI=1S/C4H5N3O2S/c5-4(10)7-3(9)1-2(8)6-7/h1H2,(H2,5,10)(H,6,8). The predicted octanol–water partition coefficient (Wildman–Crippen LogP) is -1.51. The first-order valence-corrected chi connectivity index (χ1v) is 2.94. The van der Waals surface area contributed by atoms with Crippen LogP contribution in [0.4, 0.5) is 0 Å². The minimum absolute atomic E-state index is 0.129. The lowest BCUT2D eigenvalue weighted by Gasteiger charge is -2.10. The number of hydrazine groups is 1. The fraction of sp³-hybridized carbons (Fsp3) is 0.250. The maximum Gasteiger partial charge on any atom is 0.257 e. The Labute approximate surface area is 62.1 Å². The van der Waals surface area contributed by atoms with Crippen molar-refractivity contribution >= 4 is 29.1 Å². The summed E-state index contributed by atoms with van der Waals surface area (Å²) >= 11 is 4.45. The van der Waals surface area contributed by atoms with Gasteiger partial charge in [-0.1, -0.05) is 0 Å². The van der Waals surface area contributed by atoms with Crippen LogP contribution in [0.1, 0.15) is 6.42 Å². The molecule has 1 aliphatic heterocycles. The molecular formula is C4H5N3O2S. The second-order valence-corrected chi connectivity index (χ2v) is 2.20. The van der Waals surface area contributed by atoms with Crippen molar-refractivity contribution < 1.29 is 9.59 Å². The van der Waals surface area contributed by atoms with Gasteiger partial charge in [-0.15, -0.1) is 0 Å². The maximum absolute atomic E-state index is 10.7. The highest BCUT2D eigenvalue weighted by Crippen LogP contribution is 1.98. The molecule has 1 saturated heterocycles. The molecule has 0 aromatic heterocycles. The molecule has 0 aromatic carbocycles. The number of carbonyl (C=O) groups is 2. The molecule has 0 spiro atoms. The monoisotopic (exact) mass is 159 g/mol. The van der Waals surface area contributed by atoms with E-state index in [9.17, 15) is 9.59 Å². The van der Waals surface area contributed by atoms with E-state index in [1.165, 1.54) is 0 Å². The number of hydrogen-bond donors (Lipinski definition) is 2. The van der Waals surface area contributed by atoms with E-state index in [4.69, 9.17) is 5.73 Å². The molecule has 2 amide bonds. The third-order valence-corrected chi connectivity index (χ3v) is 1.20. The first-order chi connectivity index (χ1) is 4.61. The van der Waals surface area contributed by atoms with Gasteiger partial charge >= 0.3 is 0 Å². The van der Waals surface area contributed by atoms with E-state index in [2.05, 4.69) is 17.6 Å². The van der Waals surface area contributed by atoms with E-state index in [-0.39, 0.29) is 17.4 Å². The summed E-state index contributed by atoms with van der Waals surface area (Å²) in [6, 6.07) is 0. The number of amides is 2. The summed E-state index contributed by atoms with van der Waals surface area (Å²) in [5.41, 5.74) is 7.25. The molecular weight excluding hydrogens is 154 g/mol. The zero-order valence-electron chi connectivity index (χ0n) is 4.96. The average molecular weight is 159 g/mol. The van der Waals surface area contributed by atoms with Gasteiger partial charge in [0.05, 0.1) is 0 Å². The largest absolute Gasteiger partial charge is 0.374 e. The van der Waals surface area contributed by atoms with E-state index in [0.717, 1.165) is 5.01 Å². The van der Waals surface area contributed by atoms with Crippen LogP contribution in [0.3, 0.4) is 0 Å². The normalized spacial score (nSPS) is 17.4. The van der Waals surface area contributed by atoms with Crippen molar-refractivity contribution in [2.45, 2.75) is 6.42 Å². The number of nitrogens with two attached hydrogens (primary N) is 1.